The van der Waals surface area contributed by atoms with Gasteiger partial charge in [0.1, 0.15) is 0 Å². The molecule has 0 aromatic heterocycles. The van der Waals surface area contributed by atoms with Gasteiger partial charge in [0, 0.05) is 11.1 Å². The van der Waals surface area contributed by atoms with E-state index in [0.29, 0.717) is 11.1 Å². The molecule has 0 N–H and O–H groups in total. The van der Waals surface area contributed by atoms with E-state index < -0.39 is 11.6 Å². The molecule has 0 saturated heterocycles. The van der Waals surface area contributed by atoms with Gasteiger partial charge in [-0.3, -0.25) is 9.59 Å². The first-order valence-electron chi connectivity index (χ1n) is 6.56. The number of carbonyl (C=O) groups is 2. The maximum Gasteiger partial charge on any atom is 0.233 e. The van der Waals surface area contributed by atoms with E-state index in [1.165, 1.54) is 0 Å². The topological polar surface area (TPSA) is 34.1 Å². The Balaban J connectivity index is 0.000000829. The molecule has 0 saturated carbocycles. The zero-order valence-electron chi connectivity index (χ0n) is 12.2. The Labute approximate surface area is 123 Å². The summed E-state index contributed by atoms with van der Waals surface area (Å²) in [6, 6.07) is 17.2. The fourth-order valence-corrected chi connectivity index (χ4v) is 1.44. The van der Waals surface area contributed by atoms with Gasteiger partial charge in [-0.05, 0) is 0 Å². The highest BCUT2D eigenvalue weighted by atomic mass is 31.0. The van der Waals surface area contributed by atoms with Gasteiger partial charge < -0.3 is 0 Å². The van der Waals surface area contributed by atoms with Crippen LogP contribution in [0, 0.1) is 0 Å². The van der Waals surface area contributed by atoms with Gasteiger partial charge in [-0.1, -0.05) is 81.2 Å². The van der Waals surface area contributed by atoms with E-state index in [9.17, 15) is 9.59 Å². The second kappa shape index (κ2) is 11.1. The van der Waals surface area contributed by atoms with Crippen molar-refractivity contribution in [2.45, 2.75) is 13.8 Å². The Morgan fingerprint density at radius 1 is 0.650 bits per heavy atom. The number of Topliss-reactive ketones (excluding diaryl/α,β-unsaturated/α-hetero) is 2. The minimum Gasteiger partial charge on any atom is -0.285 e. The molecule has 0 spiro atoms. The van der Waals surface area contributed by atoms with Crippen LogP contribution >= 0.6 is 9.24 Å². The van der Waals surface area contributed by atoms with Gasteiger partial charge in [0.05, 0.1) is 0 Å². The Bertz CT molecular complexity index is 458. The van der Waals surface area contributed by atoms with Crippen molar-refractivity contribution < 1.29 is 9.59 Å². The lowest BCUT2D eigenvalue weighted by Crippen LogP contribution is -2.14. The van der Waals surface area contributed by atoms with Crippen molar-refractivity contribution in [3.8, 4) is 0 Å². The third kappa shape index (κ3) is 5.46. The second-order valence-corrected chi connectivity index (χ2v) is 3.39. The molecule has 0 radical (unpaired) electrons. The summed E-state index contributed by atoms with van der Waals surface area (Å²) >= 11 is 0. The zero-order valence-corrected chi connectivity index (χ0v) is 13.3. The maximum atomic E-state index is 11.8. The van der Waals surface area contributed by atoms with Crippen LogP contribution < -0.4 is 0 Å². The normalized spacial score (nSPS) is 8.40. The molecule has 106 valence electrons. The summed E-state index contributed by atoms with van der Waals surface area (Å²) < 4.78 is 0. The molecule has 2 nitrogen and oxygen atoms in total. The van der Waals surface area contributed by atoms with Crippen molar-refractivity contribution in [2.24, 2.45) is 0 Å². The van der Waals surface area contributed by atoms with E-state index in [4.69, 9.17) is 0 Å². The molecular weight excluding hydrogens is 267 g/mol. The molecule has 0 aliphatic rings. The third-order valence-corrected chi connectivity index (χ3v) is 2.28. The van der Waals surface area contributed by atoms with Crippen molar-refractivity contribution in [1.29, 1.82) is 0 Å². The average Bonchev–Trinajstić information content (AvgIpc) is 2.59. The number of rotatable bonds is 3. The van der Waals surface area contributed by atoms with Gasteiger partial charge in [-0.25, -0.2) is 0 Å². The quantitative estimate of drug-likeness (QED) is 0.480. The minimum absolute atomic E-state index is 0.427. The molecule has 2 aromatic carbocycles. The second-order valence-electron chi connectivity index (χ2n) is 3.39. The van der Waals surface area contributed by atoms with Crippen molar-refractivity contribution >= 4 is 20.8 Å². The molecule has 3 heteroatoms. The molecule has 0 fully saturated rings. The van der Waals surface area contributed by atoms with Crippen LogP contribution in [0.15, 0.2) is 60.7 Å². The molecule has 0 aliphatic heterocycles. The van der Waals surface area contributed by atoms with E-state index in [1.54, 1.807) is 48.5 Å². The van der Waals surface area contributed by atoms with Gasteiger partial charge >= 0.3 is 0 Å². The molecular formula is C17H21O2P. The fraction of sp³-hybridized carbons (Fsp3) is 0.176. The van der Waals surface area contributed by atoms with E-state index in [0.717, 1.165) is 0 Å². The van der Waals surface area contributed by atoms with E-state index in [2.05, 4.69) is 9.24 Å². The van der Waals surface area contributed by atoms with Crippen LogP contribution in [0.2, 0.25) is 0 Å². The summed E-state index contributed by atoms with van der Waals surface area (Å²) in [6.07, 6.45) is 0. The first kappa shape index (κ1) is 18.2. The number of hydrogen-bond acceptors (Lipinski definition) is 2. The minimum atomic E-state index is -0.466. The van der Waals surface area contributed by atoms with Gasteiger partial charge in [-0.2, -0.15) is 0 Å². The molecule has 0 aliphatic carbocycles. The molecule has 1 unspecified atom stereocenters. The maximum absolute atomic E-state index is 11.8. The summed E-state index contributed by atoms with van der Waals surface area (Å²) in [4.78, 5) is 23.6. The van der Waals surface area contributed by atoms with Crippen LogP contribution in [0.5, 0.6) is 0 Å². The van der Waals surface area contributed by atoms with Crippen molar-refractivity contribution in [1.82, 2.24) is 0 Å². The molecule has 0 heterocycles. The summed E-state index contributed by atoms with van der Waals surface area (Å²) in [7, 11) is 2.42. The SMILES string of the molecule is CC.CP.O=C(C(=O)c1ccccc1)c1ccccc1. The highest BCUT2D eigenvalue weighted by Crippen LogP contribution is 2.07. The molecule has 2 rings (SSSR count). The standard InChI is InChI=1S/C14H10O2.C2H6.CH5P/c15-13(11-7-3-1-4-8-11)14(16)12-9-5-2-6-10-12;2*1-2/h1-10H;1-2H3;2H2,1H3. The fourth-order valence-electron chi connectivity index (χ4n) is 1.44. The van der Waals surface area contributed by atoms with Crippen LogP contribution in [-0.2, 0) is 0 Å². The van der Waals surface area contributed by atoms with Crippen LogP contribution in [0.3, 0.4) is 0 Å². The number of ketones is 2. The largest absolute Gasteiger partial charge is 0.285 e. The first-order chi connectivity index (χ1) is 9.79. The first-order valence-corrected chi connectivity index (χ1v) is 7.71. The summed E-state index contributed by atoms with van der Waals surface area (Å²) in [5.74, 6) is -0.932. The summed E-state index contributed by atoms with van der Waals surface area (Å²) in [6.45, 7) is 5.92. The van der Waals surface area contributed by atoms with Crippen LogP contribution in [0.25, 0.3) is 0 Å². The predicted octanol–water partition coefficient (Wildman–Crippen LogP) is 4.27. The highest BCUT2D eigenvalue weighted by Gasteiger charge is 2.16. The van der Waals surface area contributed by atoms with E-state index >= 15 is 0 Å². The Morgan fingerprint density at radius 3 is 1.15 bits per heavy atom. The van der Waals surface area contributed by atoms with Crippen molar-refractivity contribution in [3.63, 3.8) is 0 Å². The summed E-state index contributed by atoms with van der Waals surface area (Å²) in [5, 5.41) is 0. The smallest absolute Gasteiger partial charge is 0.233 e. The van der Waals surface area contributed by atoms with E-state index in [-0.39, 0.29) is 0 Å². The highest BCUT2D eigenvalue weighted by molar-refractivity contribution is 7.15. The number of carbonyl (C=O) groups excluding carboxylic acids is 2. The Kier molecular flexibility index (Phi) is 10.1. The predicted molar refractivity (Wildman–Crippen MR) is 88.5 cm³/mol. The Morgan fingerprint density at radius 2 is 0.900 bits per heavy atom. The van der Waals surface area contributed by atoms with Crippen LogP contribution in [-0.4, -0.2) is 18.2 Å². The molecule has 20 heavy (non-hydrogen) atoms. The summed E-state index contributed by atoms with van der Waals surface area (Å²) in [5.41, 5.74) is 0.854. The van der Waals surface area contributed by atoms with Crippen LogP contribution in [0.1, 0.15) is 34.6 Å². The number of hydrogen-bond donors (Lipinski definition) is 0. The van der Waals surface area contributed by atoms with Gasteiger partial charge in [0.25, 0.3) is 0 Å². The lowest BCUT2D eigenvalue weighted by Gasteiger charge is -1.99. The number of benzene rings is 2. The molecule has 2 aromatic rings. The van der Waals surface area contributed by atoms with Gasteiger partial charge in [0.2, 0.25) is 11.6 Å². The molecule has 0 amide bonds. The lowest BCUT2D eigenvalue weighted by molar-refractivity contribution is 0.0817. The average molecular weight is 288 g/mol. The Hall–Kier alpha value is -1.79. The van der Waals surface area contributed by atoms with Crippen molar-refractivity contribution in [3.05, 3.63) is 71.8 Å². The zero-order chi connectivity index (χ0) is 15.4. The van der Waals surface area contributed by atoms with Gasteiger partial charge in [-0.15, -0.1) is 9.24 Å². The van der Waals surface area contributed by atoms with Crippen molar-refractivity contribution in [2.75, 3.05) is 6.66 Å². The van der Waals surface area contributed by atoms with E-state index in [1.807, 2.05) is 32.6 Å². The van der Waals surface area contributed by atoms with Crippen LogP contribution in [0.4, 0.5) is 0 Å². The lowest BCUT2D eigenvalue weighted by atomic mass is 10.0. The molecule has 1 atom stereocenters. The molecule has 0 bridgehead atoms. The monoisotopic (exact) mass is 288 g/mol. The third-order valence-electron chi connectivity index (χ3n) is 2.28. The van der Waals surface area contributed by atoms with Gasteiger partial charge in [0.15, 0.2) is 0 Å².